The summed E-state index contributed by atoms with van der Waals surface area (Å²) >= 11 is 0. The molecular weight excluding hydrogens is 262 g/mol. The molecule has 0 N–H and O–H groups in total. The second kappa shape index (κ2) is 7.67. The Balaban J connectivity index is 3.00. The standard InChI is InChI=1S/C18H31NO2/c1-7-16(21-17(20)8-2)11-15-12-18(5,6)9-10-19(15)13-14(3)4/h11-12,14H,7-10,13H2,1-6H3. The molecule has 0 saturated heterocycles. The number of nitrogens with zero attached hydrogens (tertiary/aromatic N) is 1. The smallest absolute Gasteiger partial charge is 0.310 e. The van der Waals surface area contributed by atoms with Gasteiger partial charge in [0, 0.05) is 31.6 Å². The summed E-state index contributed by atoms with van der Waals surface area (Å²) in [5.74, 6) is 1.22. The van der Waals surface area contributed by atoms with E-state index in [1.165, 1.54) is 5.70 Å². The molecule has 1 aliphatic rings. The Morgan fingerprint density at radius 1 is 1.38 bits per heavy atom. The normalized spacial score (nSPS) is 18.7. The minimum absolute atomic E-state index is 0.158. The molecule has 120 valence electrons. The number of rotatable bonds is 6. The van der Waals surface area contributed by atoms with Gasteiger partial charge in [0.25, 0.3) is 0 Å². The van der Waals surface area contributed by atoms with Crippen molar-refractivity contribution in [3.8, 4) is 0 Å². The molecule has 0 radical (unpaired) electrons. The third-order valence-electron chi connectivity index (χ3n) is 3.71. The topological polar surface area (TPSA) is 29.5 Å². The van der Waals surface area contributed by atoms with Gasteiger partial charge in [0.15, 0.2) is 0 Å². The van der Waals surface area contributed by atoms with Crippen molar-refractivity contribution in [3.05, 3.63) is 23.6 Å². The molecule has 3 nitrogen and oxygen atoms in total. The fourth-order valence-corrected chi connectivity index (χ4v) is 2.47. The van der Waals surface area contributed by atoms with E-state index in [9.17, 15) is 4.79 Å². The summed E-state index contributed by atoms with van der Waals surface area (Å²) in [5, 5.41) is 0. The number of hydrogen-bond acceptors (Lipinski definition) is 3. The number of carbonyl (C=O) groups is 1. The molecule has 1 aliphatic heterocycles. The largest absolute Gasteiger partial charge is 0.431 e. The summed E-state index contributed by atoms with van der Waals surface area (Å²) in [4.78, 5) is 13.9. The number of esters is 1. The maximum atomic E-state index is 11.5. The first-order valence-electron chi connectivity index (χ1n) is 8.16. The van der Waals surface area contributed by atoms with Crippen molar-refractivity contribution in [2.24, 2.45) is 11.3 Å². The van der Waals surface area contributed by atoms with E-state index in [0.29, 0.717) is 12.3 Å². The number of carbonyl (C=O) groups excluding carboxylic acids is 1. The van der Waals surface area contributed by atoms with Crippen LogP contribution >= 0.6 is 0 Å². The van der Waals surface area contributed by atoms with Gasteiger partial charge >= 0.3 is 5.97 Å². The Morgan fingerprint density at radius 2 is 2.05 bits per heavy atom. The molecule has 0 saturated carbocycles. The summed E-state index contributed by atoms with van der Waals surface area (Å²) in [6, 6.07) is 0. The van der Waals surface area contributed by atoms with Crippen LogP contribution in [-0.2, 0) is 9.53 Å². The molecule has 0 bridgehead atoms. The van der Waals surface area contributed by atoms with E-state index in [1.807, 2.05) is 13.8 Å². The molecule has 0 amide bonds. The monoisotopic (exact) mass is 293 g/mol. The Kier molecular flexibility index (Phi) is 6.50. The third-order valence-corrected chi connectivity index (χ3v) is 3.71. The minimum atomic E-state index is -0.158. The zero-order chi connectivity index (χ0) is 16.0. The molecular formula is C18H31NO2. The molecule has 1 heterocycles. The molecule has 0 aliphatic carbocycles. The predicted molar refractivity (Wildman–Crippen MR) is 87.6 cm³/mol. The van der Waals surface area contributed by atoms with Crippen LogP contribution in [0.2, 0.25) is 0 Å². The number of hydrogen-bond donors (Lipinski definition) is 0. The second-order valence-electron chi connectivity index (χ2n) is 6.94. The highest BCUT2D eigenvalue weighted by molar-refractivity contribution is 5.70. The molecule has 1 rings (SSSR count). The van der Waals surface area contributed by atoms with Gasteiger partial charge in [0.05, 0.1) is 0 Å². The van der Waals surface area contributed by atoms with E-state index in [1.54, 1.807) is 0 Å². The zero-order valence-electron chi connectivity index (χ0n) is 14.5. The van der Waals surface area contributed by atoms with Crippen LogP contribution in [0.5, 0.6) is 0 Å². The van der Waals surface area contributed by atoms with Gasteiger partial charge in [-0.3, -0.25) is 4.79 Å². The summed E-state index contributed by atoms with van der Waals surface area (Å²) in [6.45, 7) is 14.9. The van der Waals surface area contributed by atoms with Crippen molar-refractivity contribution in [3.63, 3.8) is 0 Å². The highest BCUT2D eigenvalue weighted by Gasteiger charge is 2.25. The molecule has 0 aromatic heterocycles. The number of allylic oxidation sites excluding steroid dienone is 3. The molecule has 21 heavy (non-hydrogen) atoms. The van der Waals surface area contributed by atoms with Gasteiger partial charge in [-0.25, -0.2) is 0 Å². The van der Waals surface area contributed by atoms with Crippen LogP contribution in [-0.4, -0.2) is 24.0 Å². The highest BCUT2D eigenvalue weighted by Crippen LogP contribution is 2.32. The lowest BCUT2D eigenvalue weighted by molar-refractivity contribution is -0.139. The lowest BCUT2D eigenvalue weighted by Crippen LogP contribution is -2.35. The summed E-state index contributed by atoms with van der Waals surface area (Å²) in [7, 11) is 0. The highest BCUT2D eigenvalue weighted by atomic mass is 16.5. The Bertz CT molecular complexity index is 419. The average Bonchev–Trinajstić information content (AvgIpc) is 2.40. The van der Waals surface area contributed by atoms with Gasteiger partial charge < -0.3 is 9.64 Å². The quantitative estimate of drug-likeness (QED) is 0.533. The van der Waals surface area contributed by atoms with Gasteiger partial charge in [-0.1, -0.05) is 47.6 Å². The van der Waals surface area contributed by atoms with Crippen molar-refractivity contribution in [1.82, 2.24) is 4.90 Å². The van der Waals surface area contributed by atoms with Crippen LogP contribution in [0.15, 0.2) is 23.6 Å². The molecule has 0 aromatic rings. The van der Waals surface area contributed by atoms with Gasteiger partial charge in [0.1, 0.15) is 5.76 Å². The number of ether oxygens (including phenoxy) is 1. The van der Waals surface area contributed by atoms with Crippen LogP contribution in [0.4, 0.5) is 0 Å². The minimum Gasteiger partial charge on any atom is -0.431 e. The SMILES string of the molecule is CCC(=O)OC(=CC1=CC(C)(C)CCN1CC(C)C)CC. The summed E-state index contributed by atoms with van der Waals surface area (Å²) in [5.41, 5.74) is 1.40. The second-order valence-corrected chi connectivity index (χ2v) is 6.94. The van der Waals surface area contributed by atoms with Gasteiger partial charge in [-0.05, 0) is 23.8 Å². The molecule has 0 unspecified atom stereocenters. The summed E-state index contributed by atoms with van der Waals surface area (Å²) in [6.07, 6.45) is 6.68. The fourth-order valence-electron chi connectivity index (χ4n) is 2.47. The third kappa shape index (κ3) is 5.94. The van der Waals surface area contributed by atoms with Crippen molar-refractivity contribution in [1.29, 1.82) is 0 Å². The van der Waals surface area contributed by atoms with E-state index >= 15 is 0 Å². The van der Waals surface area contributed by atoms with Crippen molar-refractivity contribution < 1.29 is 9.53 Å². The first-order chi connectivity index (χ1) is 9.77. The molecule has 0 fully saturated rings. The lowest BCUT2D eigenvalue weighted by Gasteiger charge is -2.37. The maximum absolute atomic E-state index is 11.5. The Hall–Kier alpha value is -1.25. The summed E-state index contributed by atoms with van der Waals surface area (Å²) < 4.78 is 5.43. The average molecular weight is 293 g/mol. The predicted octanol–water partition coefficient (Wildman–Crippen LogP) is 4.51. The van der Waals surface area contributed by atoms with Crippen molar-refractivity contribution in [2.45, 2.75) is 60.8 Å². The van der Waals surface area contributed by atoms with Crippen molar-refractivity contribution >= 4 is 5.97 Å². The van der Waals surface area contributed by atoms with Crippen molar-refractivity contribution in [2.75, 3.05) is 13.1 Å². The van der Waals surface area contributed by atoms with Crippen LogP contribution in [0.25, 0.3) is 0 Å². The van der Waals surface area contributed by atoms with E-state index in [0.717, 1.165) is 31.7 Å². The molecule has 0 spiro atoms. The van der Waals surface area contributed by atoms with Gasteiger partial charge in [-0.2, -0.15) is 0 Å². The maximum Gasteiger partial charge on any atom is 0.310 e. The van der Waals surface area contributed by atoms with E-state index in [-0.39, 0.29) is 11.4 Å². The zero-order valence-corrected chi connectivity index (χ0v) is 14.5. The van der Waals surface area contributed by atoms with Crippen LogP contribution in [0.3, 0.4) is 0 Å². The molecule has 0 atom stereocenters. The van der Waals surface area contributed by atoms with E-state index < -0.39 is 0 Å². The van der Waals surface area contributed by atoms with Gasteiger partial charge in [0.2, 0.25) is 0 Å². The lowest BCUT2D eigenvalue weighted by atomic mass is 9.84. The molecule has 0 aromatic carbocycles. The van der Waals surface area contributed by atoms with Crippen LogP contribution in [0.1, 0.15) is 60.8 Å². The van der Waals surface area contributed by atoms with E-state index in [4.69, 9.17) is 4.74 Å². The Morgan fingerprint density at radius 3 is 2.57 bits per heavy atom. The molecule has 3 heteroatoms. The van der Waals surface area contributed by atoms with Crippen LogP contribution in [0, 0.1) is 11.3 Å². The first-order valence-corrected chi connectivity index (χ1v) is 8.16. The van der Waals surface area contributed by atoms with Crippen LogP contribution < -0.4 is 0 Å². The van der Waals surface area contributed by atoms with E-state index in [2.05, 4.69) is 44.7 Å². The first kappa shape index (κ1) is 17.8. The van der Waals surface area contributed by atoms with Gasteiger partial charge in [-0.15, -0.1) is 0 Å². The fraction of sp³-hybridized carbons (Fsp3) is 0.722. The Labute approximate surface area is 130 Å².